The molecule has 0 aliphatic carbocycles. The second kappa shape index (κ2) is 2.92. The molecule has 0 radical (unpaired) electrons. The van der Waals surface area contributed by atoms with Gasteiger partial charge in [-0.25, -0.2) is 0 Å². The molecular formula is C6H8O2S. The lowest BCUT2D eigenvalue weighted by Gasteiger charge is -2.09. The molecule has 1 rings (SSSR count). The van der Waals surface area contributed by atoms with E-state index in [4.69, 9.17) is 5.11 Å². The molecule has 1 N–H and O–H groups in total. The summed E-state index contributed by atoms with van der Waals surface area (Å²) < 4.78 is 0. The molecule has 9 heavy (non-hydrogen) atoms. The minimum atomic E-state index is 0.0313. The fourth-order valence-electron chi connectivity index (χ4n) is 0.739. The molecule has 0 saturated carbocycles. The van der Waals surface area contributed by atoms with Crippen LogP contribution in [0.3, 0.4) is 0 Å². The van der Waals surface area contributed by atoms with Gasteiger partial charge in [0.15, 0.2) is 0 Å². The number of carbonyl (C=O) groups is 1. The highest BCUT2D eigenvalue weighted by Crippen LogP contribution is 2.22. The van der Waals surface area contributed by atoms with E-state index in [1.165, 1.54) is 11.8 Å². The average molecular weight is 144 g/mol. The second-order valence-corrected chi connectivity index (χ2v) is 2.96. The van der Waals surface area contributed by atoms with Gasteiger partial charge < -0.3 is 5.11 Å². The van der Waals surface area contributed by atoms with Crippen molar-refractivity contribution in [1.82, 2.24) is 0 Å². The minimum Gasteiger partial charge on any atom is -0.515 e. The van der Waals surface area contributed by atoms with Crippen molar-refractivity contribution >= 4 is 16.9 Å². The number of rotatable bonds is 0. The maximum absolute atomic E-state index is 10.8. The molecule has 0 atom stereocenters. The highest BCUT2D eigenvalue weighted by molar-refractivity contribution is 8.14. The van der Waals surface area contributed by atoms with E-state index in [2.05, 4.69) is 0 Å². The molecule has 0 aromatic rings. The van der Waals surface area contributed by atoms with E-state index in [0.717, 1.165) is 24.9 Å². The number of aliphatic hydroxyl groups excluding tert-OH is 1. The Morgan fingerprint density at radius 1 is 1.67 bits per heavy atom. The third kappa shape index (κ3) is 1.48. The van der Waals surface area contributed by atoms with Crippen LogP contribution >= 0.6 is 11.8 Å². The molecule has 0 bridgehead atoms. The third-order valence-electron chi connectivity index (χ3n) is 1.24. The smallest absolute Gasteiger partial charge is 0.218 e. The lowest BCUT2D eigenvalue weighted by molar-refractivity contribution is -0.108. The van der Waals surface area contributed by atoms with Gasteiger partial charge in [0, 0.05) is 11.3 Å². The van der Waals surface area contributed by atoms with Crippen LogP contribution in [0.4, 0.5) is 0 Å². The lowest BCUT2D eigenvalue weighted by atomic mass is 10.2. The highest BCUT2D eigenvalue weighted by atomic mass is 32.2. The van der Waals surface area contributed by atoms with Crippen LogP contribution in [0.2, 0.25) is 0 Å². The first kappa shape index (κ1) is 6.68. The zero-order valence-corrected chi connectivity index (χ0v) is 5.78. The van der Waals surface area contributed by atoms with Crippen molar-refractivity contribution in [2.75, 3.05) is 5.75 Å². The summed E-state index contributed by atoms with van der Waals surface area (Å²) in [4.78, 5) is 10.8. The molecular weight excluding hydrogens is 136 g/mol. The van der Waals surface area contributed by atoms with Crippen molar-refractivity contribution in [3.05, 3.63) is 11.8 Å². The fraction of sp³-hybridized carbons (Fsp3) is 0.500. The van der Waals surface area contributed by atoms with E-state index in [-0.39, 0.29) is 5.12 Å². The topological polar surface area (TPSA) is 37.3 Å². The summed E-state index contributed by atoms with van der Waals surface area (Å²) in [6.07, 6.45) is 2.67. The summed E-state index contributed by atoms with van der Waals surface area (Å²) in [5.41, 5.74) is 0.561. The summed E-state index contributed by atoms with van der Waals surface area (Å²) in [7, 11) is 0. The molecule has 2 nitrogen and oxygen atoms in total. The monoisotopic (exact) mass is 144 g/mol. The van der Waals surface area contributed by atoms with Crippen molar-refractivity contribution in [2.45, 2.75) is 12.8 Å². The summed E-state index contributed by atoms with van der Waals surface area (Å²) in [5, 5.41) is 8.50. The summed E-state index contributed by atoms with van der Waals surface area (Å²) in [6, 6.07) is 0. The largest absolute Gasteiger partial charge is 0.515 e. The predicted molar refractivity (Wildman–Crippen MR) is 37.4 cm³/mol. The molecule has 0 aromatic heterocycles. The standard InChI is InChI=1S/C6H8O2S/c7-4-5-2-1-3-9-6(5)8/h4,7H,1-3H2/b5-4-. The molecule has 0 amide bonds. The first-order chi connectivity index (χ1) is 4.34. The Labute approximate surface area is 57.9 Å². The van der Waals surface area contributed by atoms with Crippen molar-refractivity contribution in [3.63, 3.8) is 0 Å². The Morgan fingerprint density at radius 3 is 2.89 bits per heavy atom. The van der Waals surface area contributed by atoms with E-state index < -0.39 is 0 Å². The Balaban J connectivity index is 2.60. The third-order valence-corrected chi connectivity index (χ3v) is 2.26. The molecule has 1 aliphatic heterocycles. The Bertz CT molecular complexity index is 151. The SMILES string of the molecule is O=C1SCCC/C1=C/O. The van der Waals surface area contributed by atoms with Crippen molar-refractivity contribution in [3.8, 4) is 0 Å². The van der Waals surface area contributed by atoms with Crippen LogP contribution in [0, 0.1) is 0 Å². The fourth-order valence-corrected chi connectivity index (χ4v) is 1.55. The van der Waals surface area contributed by atoms with Gasteiger partial charge in [-0.3, -0.25) is 4.79 Å². The normalized spacial score (nSPS) is 24.9. The van der Waals surface area contributed by atoms with E-state index >= 15 is 0 Å². The maximum atomic E-state index is 10.8. The lowest BCUT2D eigenvalue weighted by Crippen LogP contribution is -2.05. The van der Waals surface area contributed by atoms with E-state index in [1.54, 1.807) is 0 Å². The summed E-state index contributed by atoms with van der Waals surface area (Å²) in [5.74, 6) is 0.899. The van der Waals surface area contributed by atoms with Crippen LogP contribution in [-0.2, 0) is 4.79 Å². The molecule has 50 valence electrons. The zero-order valence-electron chi connectivity index (χ0n) is 4.96. The average Bonchev–Trinajstić information content (AvgIpc) is 1.89. The van der Waals surface area contributed by atoms with Crippen LogP contribution in [0.1, 0.15) is 12.8 Å². The van der Waals surface area contributed by atoms with Gasteiger partial charge in [0.2, 0.25) is 5.12 Å². The van der Waals surface area contributed by atoms with Gasteiger partial charge in [0.25, 0.3) is 0 Å². The first-order valence-electron chi connectivity index (χ1n) is 2.85. The number of hydrogen-bond acceptors (Lipinski definition) is 3. The number of carbonyl (C=O) groups excluding carboxylic acids is 1. The van der Waals surface area contributed by atoms with Crippen molar-refractivity contribution in [1.29, 1.82) is 0 Å². The molecule has 1 aliphatic rings. The van der Waals surface area contributed by atoms with Crippen LogP contribution in [0.25, 0.3) is 0 Å². The van der Waals surface area contributed by atoms with E-state index in [1.807, 2.05) is 0 Å². The van der Waals surface area contributed by atoms with Crippen LogP contribution in [-0.4, -0.2) is 16.0 Å². The minimum absolute atomic E-state index is 0.0313. The molecule has 3 heteroatoms. The van der Waals surface area contributed by atoms with Gasteiger partial charge in [-0.05, 0) is 12.8 Å². The Kier molecular flexibility index (Phi) is 2.16. The number of thioether (sulfide) groups is 1. The molecule has 0 unspecified atom stereocenters. The van der Waals surface area contributed by atoms with Crippen molar-refractivity contribution in [2.24, 2.45) is 0 Å². The molecule has 0 spiro atoms. The second-order valence-electron chi connectivity index (χ2n) is 1.89. The van der Waals surface area contributed by atoms with Crippen molar-refractivity contribution < 1.29 is 9.90 Å². The summed E-state index contributed by atoms with van der Waals surface area (Å²) in [6.45, 7) is 0. The van der Waals surface area contributed by atoms with Crippen LogP contribution in [0.15, 0.2) is 11.8 Å². The Morgan fingerprint density at radius 2 is 2.44 bits per heavy atom. The summed E-state index contributed by atoms with van der Waals surface area (Å²) >= 11 is 1.28. The van der Waals surface area contributed by atoms with E-state index in [0.29, 0.717) is 5.57 Å². The molecule has 1 fully saturated rings. The quantitative estimate of drug-likeness (QED) is 0.413. The van der Waals surface area contributed by atoms with Gasteiger partial charge in [0.1, 0.15) is 0 Å². The molecule has 0 aromatic carbocycles. The van der Waals surface area contributed by atoms with Gasteiger partial charge in [-0.15, -0.1) is 0 Å². The predicted octanol–water partition coefficient (Wildman–Crippen LogP) is 1.48. The van der Waals surface area contributed by atoms with Gasteiger partial charge >= 0.3 is 0 Å². The van der Waals surface area contributed by atoms with Gasteiger partial charge in [0.05, 0.1) is 6.26 Å². The number of hydrogen-bond donors (Lipinski definition) is 1. The van der Waals surface area contributed by atoms with E-state index in [9.17, 15) is 4.79 Å². The van der Waals surface area contributed by atoms with Gasteiger partial charge in [-0.2, -0.15) is 0 Å². The van der Waals surface area contributed by atoms with Crippen LogP contribution in [0.5, 0.6) is 0 Å². The van der Waals surface area contributed by atoms with Crippen LogP contribution < -0.4 is 0 Å². The van der Waals surface area contributed by atoms with Gasteiger partial charge in [-0.1, -0.05) is 11.8 Å². The Hall–Kier alpha value is -0.440. The maximum Gasteiger partial charge on any atom is 0.218 e. The highest BCUT2D eigenvalue weighted by Gasteiger charge is 2.14. The number of aliphatic hydroxyl groups is 1. The zero-order chi connectivity index (χ0) is 6.69. The first-order valence-corrected chi connectivity index (χ1v) is 3.83. The molecule has 1 heterocycles. The molecule has 1 saturated heterocycles.